The van der Waals surface area contributed by atoms with E-state index in [4.69, 9.17) is 0 Å². The molecule has 0 bridgehead atoms. The van der Waals surface area contributed by atoms with Crippen LogP contribution in [0.25, 0.3) is 149 Å². The van der Waals surface area contributed by atoms with Crippen LogP contribution in [0.1, 0.15) is 25.0 Å². The second-order valence-corrected chi connectivity index (χ2v) is 26.5. The molecule has 3 aromatic heterocycles. The van der Waals surface area contributed by atoms with Crippen LogP contribution < -0.4 is 4.90 Å². The molecule has 4 nitrogen and oxygen atoms in total. The fourth-order valence-corrected chi connectivity index (χ4v) is 15.8. The van der Waals surface area contributed by atoms with Gasteiger partial charge < -0.3 is 18.6 Å². The lowest BCUT2D eigenvalue weighted by atomic mass is 9.81. The van der Waals surface area contributed by atoms with Gasteiger partial charge in [0.15, 0.2) is 0 Å². The van der Waals surface area contributed by atoms with Gasteiger partial charge in [-0.2, -0.15) is 0 Å². The van der Waals surface area contributed by atoms with Gasteiger partial charge in [0, 0.05) is 71.9 Å². The summed E-state index contributed by atoms with van der Waals surface area (Å²) >= 11 is 0. The quantitative estimate of drug-likeness (QED) is 0.126. The largest absolute Gasteiger partial charge is 0.310 e. The average molecular weight is 1240 g/mol. The second-order valence-electron chi connectivity index (χ2n) is 26.5. The van der Waals surface area contributed by atoms with E-state index in [2.05, 4.69) is 384 Å². The minimum atomic E-state index is -0.281. The van der Waals surface area contributed by atoms with Gasteiger partial charge in [0.2, 0.25) is 0 Å². The number of aromatic nitrogens is 3. The first-order chi connectivity index (χ1) is 47.8. The van der Waals surface area contributed by atoms with Gasteiger partial charge in [0.1, 0.15) is 0 Å². The SMILES string of the molecule is CC1(C)c2cc(-c3ccc4c5ccccc5n(-c5ccccc5)c4c3)ccc2-c2ccc(N(c3ccc(-c4ccc(-c5ccc6c(c5)c5ccccc5n6-c5ccccc5)cc4)cc3)c3ccc(-c4ccc(-c5ccc6c7ccccc7n(-c7ccccc7)c6c5)cc4)cc3)cc21. The number of anilines is 3. The Bertz CT molecular complexity index is 6090. The number of benzene rings is 15. The maximum Gasteiger partial charge on any atom is 0.0547 e. The Morgan fingerprint density at radius 2 is 0.495 bits per heavy atom. The van der Waals surface area contributed by atoms with E-state index in [-0.39, 0.29) is 5.41 Å². The highest BCUT2D eigenvalue weighted by molar-refractivity contribution is 6.13. The van der Waals surface area contributed by atoms with Crippen LogP contribution in [0, 0.1) is 0 Å². The zero-order chi connectivity index (χ0) is 64.3. The normalized spacial score (nSPS) is 12.5. The van der Waals surface area contributed by atoms with E-state index in [9.17, 15) is 0 Å². The molecule has 0 atom stereocenters. The smallest absolute Gasteiger partial charge is 0.0547 e. The molecule has 4 heteroatoms. The van der Waals surface area contributed by atoms with Gasteiger partial charge in [-0.05, 0) is 199 Å². The third-order valence-corrected chi connectivity index (χ3v) is 20.7. The van der Waals surface area contributed by atoms with Crippen LogP contribution in [-0.2, 0) is 5.41 Å². The summed E-state index contributed by atoms with van der Waals surface area (Å²) in [5, 5.41) is 7.53. The molecular formula is C93H64N4. The first kappa shape index (κ1) is 56.1. The van der Waals surface area contributed by atoms with Crippen LogP contribution >= 0.6 is 0 Å². The highest BCUT2D eigenvalue weighted by atomic mass is 15.1. The molecule has 0 spiro atoms. The van der Waals surface area contributed by atoms with Crippen molar-refractivity contribution in [2.75, 3.05) is 4.90 Å². The van der Waals surface area contributed by atoms with Crippen LogP contribution in [0.5, 0.6) is 0 Å². The molecule has 0 saturated heterocycles. The monoisotopic (exact) mass is 1240 g/mol. The summed E-state index contributed by atoms with van der Waals surface area (Å²) in [5.74, 6) is 0. The molecule has 0 saturated carbocycles. The van der Waals surface area contributed by atoms with Crippen molar-refractivity contribution in [1.82, 2.24) is 13.7 Å². The Kier molecular flexibility index (Phi) is 12.9. The fraction of sp³-hybridized carbons (Fsp3) is 0.0323. The molecule has 1 aliphatic carbocycles. The van der Waals surface area contributed by atoms with Crippen molar-refractivity contribution in [2.24, 2.45) is 0 Å². The molecule has 18 aromatic rings. The Morgan fingerprint density at radius 1 is 0.206 bits per heavy atom. The zero-order valence-electron chi connectivity index (χ0n) is 53.8. The molecular weight excluding hydrogens is 1170 g/mol. The maximum absolute atomic E-state index is 2.45. The molecule has 15 aromatic carbocycles. The van der Waals surface area contributed by atoms with E-state index in [0.717, 1.165) is 45.3 Å². The molecule has 456 valence electrons. The first-order valence-electron chi connectivity index (χ1n) is 33.6. The molecule has 19 rings (SSSR count). The van der Waals surface area contributed by atoms with Crippen LogP contribution in [0.3, 0.4) is 0 Å². The zero-order valence-corrected chi connectivity index (χ0v) is 53.8. The summed E-state index contributed by atoms with van der Waals surface area (Å²) in [6.07, 6.45) is 0. The third kappa shape index (κ3) is 9.20. The highest BCUT2D eigenvalue weighted by Crippen LogP contribution is 2.52. The number of rotatable bonds is 11. The van der Waals surface area contributed by atoms with Gasteiger partial charge in [-0.25, -0.2) is 0 Å². The number of fused-ring (bicyclic) bond motifs is 12. The molecule has 0 fully saturated rings. The predicted octanol–water partition coefficient (Wildman–Crippen LogP) is 25.1. The van der Waals surface area contributed by atoms with E-state index in [1.54, 1.807) is 0 Å². The molecule has 0 amide bonds. The Hall–Kier alpha value is -12.5. The number of hydrogen-bond acceptors (Lipinski definition) is 1. The third-order valence-electron chi connectivity index (χ3n) is 20.7. The van der Waals surface area contributed by atoms with Crippen LogP contribution in [0.2, 0.25) is 0 Å². The number of hydrogen-bond donors (Lipinski definition) is 0. The fourth-order valence-electron chi connectivity index (χ4n) is 15.8. The average Bonchev–Trinajstić information content (AvgIpc) is 1.60. The Balaban J connectivity index is 0.659. The Labute approximate surface area is 563 Å². The Morgan fingerprint density at radius 3 is 0.959 bits per heavy atom. The van der Waals surface area contributed by atoms with Crippen molar-refractivity contribution < 1.29 is 0 Å². The second kappa shape index (κ2) is 22.3. The van der Waals surface area contributed by atoms with Crippen molar-refractivity contribution in [3.8, 4) is 83.8 Å². The van der Waals surface area contributed by atoms with E-state index < -0.39 is 0 Å². The topological polar surface area (TPSA) is 18.0 Å². The van der Waals surface area contributed by atoms with Gasteiger partial charge in [-0.1, -0.05) is 244 Å². The van der Waals surface area contributed by atoms with Crippen LogP contribution in [0.4, 0.5) is 17.1 Å². The summed E-state index contributed by atoms with van der Waals surface area (Å²) in [6.45, 7) is 4.80. The lowest BCUT2D eigenvalue weighted by Crippen LogP contribution is -2.16. The lowest BCUT2D eigenvalue weighted by Gasteiger charge is -2.28. The predicted molar refractivity (Wildman–Crippen MR) is 409 cm³/mol. The number of nitrogens with zero attached hydrogens (tertiary/aromatic N) is 4. The molecule has 0 radical (unpaired) electrons. The summed E-state index contributed by atoms with van der Waals surface area (Å²) in [6, 6.07) is 130. The van der Waals surface area contributed by atoms with E-state index in [1.807, 2.05) is 0 Å². The van der Waals surface area contributed by atoms with E-state index >= 15 is 0 Å². The van der Waals surface area contributed by atoms with E-state index in [1.165, 1.54) is 132 Å². The highest BCUT2D eigenvalue weighted by Gasteiger charge is 2.37. The van der Waals surface area contributed by atoms with Gasteiger partial charge in [0.25, 0.3) is 0 Å². The van der Waals surface area contributed by atoms with Gasteiger partial charge in [0.05, 0.1) is 33.1 Å². The molecule has 0 unspecified atom stereocenters. The first-order valence-corrected chi connectivity index (χ1v) is 33.6. The van der Waals surface area contributed by atoms with E-state index in [0.29, 0.717) is 0 Å². The standard InChI is InChI=1S/C93H64N4/c1-93(2)85-57-68(70-44-53-83-80-25-13-16-28-88(80)97(92(83)59-70)73-22-10-5-11-23-73)42-51-77(85)78-54-50-76(60-86(78)93)94(74-46-38-63(39-47-74)61-30-34-65(35-31-61)67-45-55-90-84(56-67)81-26-14-17-29-89(81)95(90)71-18-6-3-7-19-71)75-48-40-64(41-49-75)62-32-36-66(37-33-62)69-43-52-82-79-24-12-15-27-87(79)96(91(82)58-69)72-20-8-4-9-21-72/h3-60H,1-2H3. The summed E-state index contributed by atoms with van der Waals surface area (Å²) in [4.78, 5) is 2.43. The molecule has 97 heavy (non-hydrogen) atoms. The van der Waals surface area contributed by atoms with Crippen LogP contribution in [0.15, 0.2) is 352 Å². The summed E-state index contributed by atoms with van der Waals surface area (Å²) in [5.41, 5.74) is 30.8. The van der Waals surface area contributed by atoms with Crippen molar-refractivity contribution in [3.63, 3.8) is 0 Å². The van der Waals surface area contributed by atoms with Crippen molar-refractivity contribution >= 4 is 82.5 Å². The van der Waals surface area contributed by atoms with Crippen molar-refractivity contribution in [1.29, 1.82) is 0 Å². The minimum Gasteiger partial charge on any atom is -0.310 e. The van der Waals surface area contributed by atoms with Crippen molar-refractivity contribution in [2.45, 2.75) is 19.3 Å². The maximum atomic E-state index is 2.45. The van der Waals surface area contributed by atoms with Crippen LogP contribution in [-0.4, -0.2) is 13.7 Å². The molecule has 1 aliphatic rings. The molecule has 0 N–H and O–H groups in total. The summed E-state index contributed by atoms with van der Waals surface area (Å²) < 4.78 is 7.18. The lowest BCUT2D eigenvalue weighted by molar-refractivity contribution is 0.660. The molecule has 0 aliphatic heterocycles. The molecule has 3 heterocycles. The van der Waals surface area contributed by atoms with Crippen molar-refractivity contribution in [3.05, 3.63) is 363 Å². The number of para-hydroxylation sites is 6. The summed E-state index contributed by atoms with van der Waals surface area (Å²) in [7, 11) is 0. The van der Waals surface area contributed by atoms with Gasteiger partial charge >= 0.3 is 0 Å². The van der Waals surface area contributed by atoms with Gasteiger partial charge in [-0.15, -0.1) is 0 Å². The van der Waals surface area contributed by atoms with Gasteiger partial charge in [-0.3, -0.25) is 0 Å². The minimum absolute atomic E-state index is 0.281.